The molecule has 2 heterocycles. The summed E-state index contributed by atoms with van der Waals surface area (Å²) >= 11 is 5.88. The Morgan fingerprint density at radius 2 is 1.65 bits per heavy atom. The van der Waals surface area contributed by atoms with Crippen molar-refractivity contribution in [3.05, 3.63) is 29.3 Å². The zero-order chi connectivity index (χ0) is 14.3. The molecule has 0 aromatic heterocycles. The van der Waals surface area contributed by atoms with E-state index < -0.39 is 7.67 Å². The Hall–Kier alpha value is -0.540. The molecule has 0 N–H and O–H groups in total. The average Bonchev–Trinajstić information content (AvgIpc) is 3.34. The van der Waals surface area contributed by atoms with Crippen LogP contribution in [0.3, 0.4) is 0 Å². The first-order valence-corrected chi connectivity index (χ1v) is 9.08. The number of halogens is 1. The van der Waals surface area contributed by atoms with E-state index in [2.05, 4.69) is 13.8 Å². The van der Waals surface area contributed by atoms with E-state index in [0.29, 0.717) is 22.9 Å². The first kappa shape index (κ1) is 14.4. The van der Waals surface area contributed by atoms with Gasteiger partial charge in [-0.2, -0.15) is 0 Å². The van der Waals surface area contributed by atoms with Crippen LogP contribution in [-0.4, -0.2) is 34.5 Å². The number of benzene rings is 1. The summed E-state index contributed by atoms with van der Waals surface area (Å²) in [5.41, 5.74) is 0. The van der Waals surface area contributed by atoms with E-state index in [0.717, 1.165) is 25.9 Å². The summed E-state index contributed by atoms with van der Waals surface area (Å²) in [6.45, 7) is 5.98. The topological polar surface area (TPSA) is 32.3 Å². The zero-order valence-corrected chi connectivity index (χ0v) is 13.5. The largest absolute Gasteiger partial charge is 0.422 e. The molecule has 0 aliphatic carbocycles. The van der Waals surface area contributed by atoms with Gasteiger partial charge in [0.15, 0.2) is 0 Å². The highest BCUT2D eigenvalue weighted by Crippen LogP contribution is 2.65. The van der Waals surface area contributed by atoms with Crippen LogP contribution in [0.25, 0.3) is 0 Å². The fraction of sp³-hybridized carbons (Fsp3) is 0.571. The molecule has 6 heteroatoms. The first-order valence-electron chi connectivity index (χ1n) is 7.18. The Morgan fingerprint density at radius 3 is 2.05 bits per heavy atom. The minimum Gasteiger partial charge on any atom is -0.422 e. The average molecular weight is 315 g/mol. The second kappa shape index (κ2) is 5.34. The van der Waals surface area contributed by atoms with Crippen LogP contribution in [0.5, 0.6) is 5.75 Å². The monoisotopic (exact) mass is 314 g/mol. The van der Waals surface area contributed by atoms with Crippen molar-refractivity contribution in [1.29, 1.82) is 0 Å². The maximum atomic E-state index is 13.3. The van der Waals surface area contributed by atoms with Gasteiger partial charge in [0.25, 0.3) is 0 Å². The van der Waals surface area contributed by atoms with Crippen LogP contribution >= 0.6 is 19.3 Å². The Labute approximate surface area is 125 Å². The number of rotatable bonds is 6. The number of hydrogen-bond donors (Lipinski definition) is 0. The Bertz CT molecular complexity index is 514. The molecule has 1 aromatic rings. The zero-order valence-electron chi connectivity index (χ0n) is 11.8. The summed E-state index contributed by atoms with van der Waals surface area (Å²) in [6.07, 6.45) is 2.02. The molecule has 5 atom stereocenters. The molecule has 1 aromatic carbocycles. The van der Waals surface area contributed by atoms with Gasteiger partial charge in [0.05, 0.1) is 0 Å². The fourth-order valence-electron chi connectivity index (χ4n) is 2.52. The van der Waals surface area contributed by atoms with E-state index in [1.54, 1.807) is 24.3 Å². The van der Waals surface area contributed by atoms with Gasteiger partial charge in [0, 0.05) is 30.2 Å². The third-order valence-electron chi connectivity index (χ3n) is 4.00. The van der Waals surface area contributed by atoms with Crippen molar-refractivity contribution in [2.45, 2.75) is 38.8 Å². The van der Waals surface area contributed by atoms with Crippen LogP contribution in [0.15, 0.2) is 24.3 Å². The summed E-state index contributed by atoms with van der Waals surface area (Å²) < 4.78 is 23.3. The van der Waals surface area contributed by atoms with Crippen LogP contribution < -0.4 is 4.52 Å². The Balaban J connectivity index is 1.80. The van der Waals surface area contributed by atoms with Gasteiger partial charge in [0.1, 0.15) is 5.75 Å². The van der Waals surface area contributed by atoms with Gasteiger partial charge < -0.3 is 4.52 Å². The summed E-state index contributed by atoms with van der Waals surface area (Å²) in [4.78, 5) is 0. The highest BCUT2D eigenvalue weighted by Gasteiger charge is 2.59. The van der Waals surface area contributed by atoms with Crippen molar-refractivity contribution in [2.24, 2.45) is 0 Å². The molecular weight excluding hydrogens is 295 g/mol. The molecule has 0 amide bonds. The van der Waals surface area contributed by atoms with Gasteiger partial charge in [-0.15, -0.1) is 0 Å². The SMILES string of the molecule is CC[C@@H]1CN1P(=O)(Oc1ccc(Cl)cc1)N1C[C@@H]1CC. The lowest BCUT2D eigenvalue weighted by atomic mass is 10.3. The molecule has 0 saturated carbocycles. The lowest BCUT2D eigenvalue weighted by Gasteiger charge is -2.22. The molecular formula is C14H20ClN2O2P. The van der Waals surface area contributed by atoms with Gasteiger partial charge in [0.2, 0.25) is 0 Å². The van der Waals surface area contributed by atoms with E-state index >= 15 is 0 Å². The molecule has 3 rings (SSSR count). The third-order valence-corrected chi connectivity index (χ3v) is 6.98. The van der Waals surface area contributed by atoms with Crippen LogP contribution in [0.2, 0.25) is 5.02 Å². The smallest absolute Gasteiger partial charge is 0.396 e. The maximum Gasteiger partial charge on any atom is 0.396 e. The second-order valence-electron chi connectivity index (χ2n) is 5.40. The summed E-state index contributed by atoms with van der Waals surface area (Å²) in [5, 5.41) is 0.656. The third kappa shape index (κ3) is 2.62. The molecule has 20 heavy (non-hydrogen) atoms. The molecule has 0 spiro atoms. The summed E-state index contributed by atoms with van der Waals surface area (Å²) in [6, 6.07) is 7.88. The van der Waals surface area contributed by atoms with Gasteiger partial charge in [-0.25, -0.2) is 13.9 Å². The maximum absolute atomic E-state index is 13.3. The van der Waals surface area contributed by atoms with Gasteiger partial charge >= 0.3 is 7.67 Å². The highest BCUT2D eigenvalue weighted by atomic mass is 35.5. The van der Waals surface area contributed by atoms with E-state index in [1.807, 2.05) is 9.34 Å². The lowest BCUT2D eigenvalue weighted by molar-refractivity contribution is 0.395. The summed E-state index contributed by atoms with van der Waals surface area (Å²) in [5.74, 6) is 0.626. The normalized spacial score (nSPS) is 34.4. The molecule has 2 saturated heterocycles. The fourth-order valence-corrected chi connectivity index (χ4v) is 5.49. The van der Waals surface area contributed by atoms with Crippen molar-refractivity contribution in [3.63, 3.8) is 0 Å². The van der Waals surface area contributed by atoms with Crippen LogP contribution in [-0.2, 0) is 4.57 Å². The van der Waals surface area contributed by atoms with Crippen molar-refractivity contribution < 1.29 is 9.09 Å². The standard InChI is InChI=1S/C14H20ClN2O2P/c1-3-12-9-16(12)20(18,17-10-13(17)4-2)19-14-7-5-11(15)6-8-14/h5-8,12-13H,3-4,9-10H2,1-2H3/t12-,13+,16?,17?,20?. The van der Waals surface area contributed by atoms with Crippen LogP contribution in [0, 0.1) is 0 Å². The number of nitrogens with zero attached hydrogens (tertiary/aromatic N) is 2. The summed E-state index contributed by atoms with van der Waals surface area (Å²) in [7, 11) is -2.90. The van der Waals surface area contributed by atoms with Gasteiger partial charge in [-0.05, 0) is 37.1 Å². The van der Waals surface area contributed by atoms with E-state index in [1.165, 1.54) is 0 Å². The van der Waals surface area contributed by atoms with E-state index in [4.69, 9.17) is 16.1 Å². The molecule has 3 unspecified atom stereocenters. The van der Waals surface area contributed by atoms with Crippen molar-refractivity contribution in [1.82, 2.24) is 9.34 Å². The van der Waals surface area contributed by atoms with Crippen LogP contribution in [0.1, 0.15) is 26.7 Å². The second-order valence-corrected chi connectivity index (χ2v) is 8.03. The van der Waals surface area contributed by atoms with Crippen molar-refractivity contribution in [2.75, 3.05) is 13.1 Å². The Morgan fingerprint density at radius 1 is 1.15 bits per heavy atom. The van der Waals surface area contributed by atoms with Gasteiger partial charge in [-0.1, -0.05) is 25.4 Å². The molecule has 2 aliphatic rings. The van der Waals surface area contributed by atoms with Gasteiger partial charge in [-0.3, -0.25) is 0 Å². The Kier molecular flexibility index (Phi) is 3.85. The molecule has 2 fully saturated rings. The van der Waals surface area contributed by atoms with Crippen molar-refractivity contribution >= 4 is 19.3 Å². The predicted molar refractivity (Wildman–Crippen MR) is 81.3 cm³/mol. The quantitative estimate of drug-likeness (QED) is 0.586. The minimum atomic E-state index is -2.90. The predicted octanol–water partition coefficient (Wildman–Crippen LogP) is 4.02. The van der Waals surface area contributed by atoms with E-state index in [-0.39, 0.29) is 0 Å². The van der Waals surface area contributed by atoms with Crippen LogP contribution in [0.4, 0.5) is 0 Å². The first-order chi connectivity index (χ1) is 9.58. The highest BCUT2D eigenvalue weighted by molar-refractivity contribution is 7.55. The molecule has 0 bridgehead atoms. The lowest BCUT2D eigenvalue weighted by Crippen LogP contribution is -2.14. The molecule has 110 valence electrons. The minimum absolute atomic E-state index is 0.395. The molecule has 2 aliphatic heterocycles. The van der Waals surface area contributed by atoms with E-state index in [9.17, 15) is 4.57 Å². The molecule has 4 nitrogen and oxygen atoms in total. The van der Waals surface area contributed by atoms with Crippen molar-refractivity contribution in [3.8, 4) is 5.75 Å². The molecule has 0 radical (unpaired) electrons. The number of hydrogen-bond acceptors (Lipinski definition) is 2.